The van der Waals surface area contributed by atoms with Crippen molar-refractivity contribution in [2.45, 2.75) is 0 Å². The van der Waals surface area contributed by atoms with Crippen molar-refractivity contribution < 1.29 is 4.39 Å². The first kappa shape index (κ1) is 8.18. The van der Waals surface area contributed by atoms with E-state index in [2.05, 4.69) is 10.1 Å². The highest BCUT2D eigenvalue weighted by Crippen LogP contribution is 2.27. The first-order valence-electron chi connectivity index (χ1n) is 3.57. The molecule has 6 heteroatoms. The van der Waals surface area contributed by atoms with Gasteiger partial charge in [-0.25, -0.2) is 9.07 Å². The van der Waals surface area contributed by atoms with Crippen LogP contribution in [0.1, 0.15) is 0 Å². The van der Waals surface area contributed by atoms with Crippen molar-refractivity contribution in [3.8, 4) is 10.6 Å². The highest BCUT2D eigenvalue weighted by Gasteiger charge is 2.15. The zero-order valence-electron chi connectivity index (χ0n) is 6.86. The summed E-state index contributed by atoms with van der Waals surface area (Å²) in [5.41, 5.74) is 7.31. The third kappa shape index (κ3) is 1.19. The molecule has 0 amide bonds. The summed E-state index contributed by atoms with van der Waals surface area (Å²) >= 11 is 1.33. The van der Waals surface area contributed by atoms with Gasteiger partial charge in [-0.2, -0.15) is 5.10 Å². The standard InChI is InChI=1S/C7H7FN4S/c1-12-7(9)5(8)6(11-12)4-2-10-3-13-4/h2-3H,9H2,1H3. The van der Waals surface area contributed by atoms with Gasteiger partial charge in [0, 0.05) is 13.2 Å². The molecular weight excluding hydrogens is 191 g/mol. The molecule has 2 N–H and O–H groups in total. The minimum atomic E-state index is -0.480. The molecule has 0 spiro atoms. The molecular formula is C7H7FN4S. The molecule has 0 saturated heterocycles. The largest absolute Gasteiger partial charge is 0.381 e. The number of thiazole rings is 1. The predicted molar refractivity (Wildman–Crippen MR) is 48.7 cm³/mol. The van der Waals surface area contributed by atoms with Crippen LogP contribution in [0.15, 0.2) is 11.7 Å². The number of hydrogen-bond acceptors (Lipinski definition) is 4. The average Bonchev–Trinajstić information content (AvgIpc) is 2.70. The number of nitrogens with zero attached hydrogens (tertiary/aromatic N) is 3. The Hall–Kier alpha value is -1.43. The van der Waals surface area contributed by atoms with Gasteiger partial charge in [0.25, 0.3) is 0 Å². The Balaban J connectivity index is 2.59. The van der Waals surface area contributed by atoms with E-state index in [1.54, 1.807) is 18.8 Å². The molecule has 0 fully saturated rings. The van der Waals surface area contributed by atoms with Crippen molar-refractivity contribution in [1.29, 1.82) is 0 Å². The Morgan fingerprint density at radius 3 is 2.85 bits per heavy atom. The maximum absolute atomic E-state index is 13.4. The lowest BCUT2D eigenvalue weighted by Gasteiger charge is -1.88. The molecule has 2 aromatic rings. The average molecular weight is 198 g/mol. The number of aryl methyl sites for hydroxylation is 1. The van der Waals surface area contributed by atoms with Crippen LogP contribution in [-0.4, -0.2) is 14.8 Å². The maximum atomic E-state index is 13.4. The number of anilines is 1. The summed E-state index contributed by atoms with van der Waals surface area (Å²) in [6, 6.07) is 0. The zero-order chi connectivity index (χ0) is 9.42. The van der Waals surface area contributed by atoms with Crippen LogP contribution in [0.4, 0.5) is 10.2 Å². The quantitative estimate of drug-likeness (QED) is 0.750. The first-order chi connectivity index (χ1) is 6.20. The van der Waals surface area contributed by atoms with Crippen LogP contribution in [0.3, 0.4) is 0 Å². The van der Waals surface area contributed by atoms with Crippen LogP contribution < -0.4 is 5.73 Å². The second-order valence-electron chi connectivity index (χ2n) is 2.54. The van der Waals surface area contributed by atoms with E-state index in [0.717, 1.165) is 0 Å². The van der Waals surface area contributed by atoms with Crippen molar-refractivity contribution in [2.24, 2.45) is 7.05 Å². The number of nitrogens with two attached hydrogens (primary N) is 1. The van der Waals surface area contributed by atoms with Gasteiger partial charge in [0.2, 0.25) is 0 Å². The molecule has 0 aromatic carbocycles. The number of rotatable bonds is 1. The lowest BCUT2D eigenvalue weighted by molar-refractivity contribution is 0.634. The number of halogens is 1. The van der Waals surface area contributed by atoms with E-state index in [9.17, 15) is 4.39 Å². The van der Waals surface area contributed by atoms with E-state index in [-0.39, 0.29) is 11.5 Å². The molecule has 0 radical (unpaired) electrons. The van der Waals surface area contributed by atoms with Crippen molar-refractivity contribution >= 4 is 17.2 Å². The summed E-state index contributed by atoms with van der Waals surface area (Å²) in [4.78, 5) is 4.53. The maximum Gasteiger partial charge on any atom is 0.193 e. The van der Waals surface area contributed by atoms with Crippen LogP contribution in [0.25, 0.3) is 10.6 Å². The number of nitrogen functional groups attached to an aromatic ring is 1. The molecule has 0 bridgehead atoms. The van der Waals surface area contributed by atoms with Gasteiger partial charge >= 0.3 is 0 Å². The van der Waals surface area contributed by atoms with Crippen molar-refractivity contribution in [3.63, 3.8) is 0 Å². The van der Waals surface area contributed by atoms with Crippen LogP contribution in [0, 0.1) is 5.82 Å². The summed E-state index contributed by atoms with van der Waals surface area (Å²) in [5, 5.41) is 3.94. The van der Waals surface area contributed by atoms with Crippen LogP contribution in [0.5, 0.6) is 0 Å². The molecule has 13 heavy (non-hydrogen) atoms. The lowest BCUT2D eigenvalue weighted by atomic mass is 10.3. The van der Waals surface area contributed by atoms with E-state index < -0.39 is 5.82 Å². The van der Waals surface area contributed by atoms with Crippen LogP contribution in [0.2, 0.25) is 0 Å². The van der Waals surface area contributed by atoms with Gasteiger partial charge in [-0.3, -0.25) is 4.98 Å². The SMILES string of the molecule is Cn1nc(-c2cncs2)c(F)c1N. The predicted octanol–water partition coefficient (Wildman–Crippen LogP) is 1.26. The smallest absolute Gasteiger partial charge is 0.193 e. The van der Waals surface area contributed by atoms with E-state index in [4.69, 9.17) is 5.73 Å². The van der Waals surface area contributed by atoms with Gasteiger partial charge in [0.05, 0.1) is 10.4 Å². The topological polar surface area (TPSA) is 56.7 Å². The van der Waals surface area contributed by atoms with Gasteiger partial charge in [0.1, 0.15) is 5.69 Å². The van der Waals surface area contributed by atoms with Gasteiger partial charge in [-0.1, -0.05) is 0 Å². The minimum Gasteiger partial charge on any atom is -0.381 e. The molecule has 2 heterocycles. The molecule has 0 saturated carbocycles. The van der Waals surface area contributed by atoms with Gasteiger partial charge in [-0.05, 0) is 0 Å². The summed E-state index contributed by atoms with van der Waals surface area (Å²) in [5.74, 6) is -0.435. The van der Waals surface area contributed by atoms with E-state index >= 15 is 0 Å². The van der Waals surface area contributed by atoms with Crippen molar-refractivity contribution in [3.05, 3.63) is 17.5 Å². The Morgan fingerprint density at radius 2 is 2.38 bits per heavy atom. The monoisotopic (exact) mass is 198 g/mol. The number of aromatic nitrogens is 3. The molecule has 0 unspecified atom stereocenters. The molecule has 2 aromatic heterocycles. The number of hydrogen-bond donors (Lipinski definition) is 1. The highest BCUT2D eigenvalue weighted by atomic mass is 32.1. The molecule has 0 aliphatic heterocycles. The zero-order valence-corrected chi connectivity index (χ0v) is 7.68. The molecule has 0 aliphatic carbocycles. The summed E-state index contributed by atoms with van der Waals surface area (Å²) < 4.78 is 14.7. The first-order valence-corrected chi connectivity index (χ1v) is 4.45. The van der Waals surface area contributed by atoms with Crippen LogP contribution >= 0.6 is 11.3 Å². The summed E-state index contributed by atoms with van der Waals surface area (Å²) in [6.07, 6.45) is 1.56. The van der Waals surface area contributed by atoms with E-state index in [1.165, 1.54) is 16.0 Å². The second kappa shape index (κ2) is 2.81. The molecule has 0 atom stereocenters. The van der Waals surface area contributed by atoms with Gasteiger partial charge in [-0.15, -0.1) is 11.3 Å². The van der Waals surface area contributed by atoms with Crippen molar-refractivity contribution in [1.82, 2.24) is 14.8 Å². The molecule has 68 valence electrons. The molecule has 2 rings (SSSR count). The summed E-state index contributed by atoms with van der Waals surface area (Å²) in [6.45, 7) is 0. The van der Waals surface area contributed by atoms with Gasteiger partial charge in [0.15, 0.2) is 11.6 Å². The van der Waals surface area contributed by atoms with Crippen molar-refractivity contribution in [2.75, 3.05) is 5.73 Å². The third-order valence-electron chi connectivity index (χ3n) is 1.70. The van der Waals surface area contributed by atoms with E-state index in [1.807, 2.05) is 0 Å². The lowest BCUT2D eigenvalue weighted by Crippen LogP contribution is -1.97. The Morgan fingerprint density at radius 1 is 1.62 bits per heavy atom. The Labute approximate surface area is 77.8 Å². The Kier molecular flexibility index (Phi) is 1.77. The fourth-order valence-corrected chi connectivity index (χ4v) is 1.60. The van der Waals surface area contributed by atoms with E-state index in [0.29, 0.717) is 4.88 Å². The second-order valence-corrected chi connectivity index (χ2v) is 3.42. The normalized spacial score (nSPS) is 10.6. The fourth-order valence-electron chi connectivity index (χ4n) is 1.00. The fraction of sp³-hybridized carbons (Fsp3) is 0.143. The third-order valence-corrected chi connectivity index (χ3v) is 2.48. The highest BCUT2D eigenvalue weighted by molar-refractivity contribution is 7.13. The Bertz CT molecular complexity index is 420. The molecule has 0 aliphatic rings. The molecule has 4 nitrogen and oxygen atoms in total. The summed E-state index contributed by atoms with van der Waals surface area (Å²) in [7, 11) is 1.60. The van der Waals surface area contributed by atoms with Gasteiger partial charge < -0.3 is 5.73 Å². The minimum absolute atomic E-state index is 0.0448. The van der Waals surface area contributed by atoms with Crippen LogP contribution in [-0.2, 0) is 7.05 Å².